The molecule has 1 aliphatic heterocycles. The molecule has 0 atom stereocenters. The molecule has 1 aromatic rings. The Kier molecular flexibility index (Phi) is 4.47. The van der Waals surface area contributed by atoms with Gasteiger partial charge in [-0.25, -0.2) is 4.39 Å². The van der Waals surface area contributed by atoms with Crippen LogP contribution in [0.4, 0.5) is 4.39 Å². The van der Waals surface area contributed by atoms with Crippen LogP contribution in [-0.4, -0.2) is 30.3 Å². The number of carbonyl (C=O) groups excluding carboxylic acids is 1. The standard InChI is InChI=1S/C18H25BFNO3/c1-17(2)18(3,4)24-19(23-17)15-10-9-12(20)11-14(15)16(22)21-13-7-5-6-8-13/h9-11,13H,5-8H2,1-4H3,(H,21,22). The molecule has 130 valence electrons. The first-order valence-electron chi connectivity index (χ1n) is 8.65. The van der Waals surface area contributed by atoms with Crippen LogP contribution in [0.25, 0.3) is 0 Å². The number of carbonyl (C=O) groups is 1. The molecule has 24 heavy (non-hydrogen) atoms. The predicted molar refractivity (Wildman–Crippen MR) is 91.8 cm³/mol. The molecule has 0 spiro atoms. The molecule has 1 N–H and O–H groups in total. The van der Waals surface area contributed by atoms with Gasteiger partial charge in [0.15, 0.2) is 0 Å². The molecule has 0 unspecified atom stereocenters. The summed E-state index contributed by atoms with van der Waals surface area (Å²) in [6.07, 6.45) is 4.20. The molecule has 0 aromatic heterocycles. The number of benzene rings is 1. The summed E-state index contributed by atoms with van der Waals surface area (Å²) < 4.78 is 25.8. The maximum atomic E-state index is 13.8. The van der Waals surface area contributed by atoms with Gasteiger partial charge in [0.25, 0.3) is 5.91 Å². The molecule has 6 heteroatoms. The van der Waals surface area contributed by atoms with Crippen molar-refractivity contribution in [2.45, 2.75) is 70.6 Å². The molecule has 1 aliphatic carbocycles. The Balaban J connectivity index is 1.87. The van der Waals surface area contributed by atoms with E-state index in [1.165, 1.54) is 12.1 Å². The van der Waals surface area contributed by atoms with E-state index in [-0.39, 0.29) is 11.9 Å². The molecule has 0 bridgehead atoms. The number of amides is 1. The third-order valence-electron chi connectivity index (χ3n) is 5.46. The quantitative estimate of drug-likeness (QED) is 0.866. The predicted octanol–water partition coefficient (Wildman–Crippen LogP) is 2.80. The topological polar surface area (TPSA) is 47.6 Å². The van der Waals surface area contributed by atoms with Gasteiger partial charge >= 0.3 is 7.12 Å². The van der Waals surface area contributed by atoms with Crippen molar-refractivity contribution in [1.82, 2.24) is 5.32 Å². The van der Waals surface area contributed by atoms with Crippen molar-refractivity contribution < 1.29 is 18.5 Å². The largest absolute Gasteiger partial charge is 0.495 e. The van der Waals surface area contributed by atoms with Crippen LogP contribution < -0.4 is 10.8 Å². The van der Waals surface area contributed by atoms with Crippen LogP contribution in [0.1, 0.15) is 63.7 Å². The maximum absolute atomic E-state index is 13.8. The van der Waals surface area contributed by atoms with Crippen LogP contribution >= 0.6 is 0 Å². The van der Waals surface area contributed by atoms with Crippen molar-refractivity contribution >= 4 is 18.5 Å². The minimum Gasteiger partial charge on any atom is -0.399 e. The maximum Gasteiger partial charge on any atom is 0.495 e. The molecule has 1 saturated heterocycles. The van der Waals surface area contributed by atoms with E-state index in [0.29, 0.717) is 11.0 Å². The zero-order chi connectivity index (χ0) is 17.5. The first-order valence-corrected chi connectivity index (χ1v) is 8.65. The lowest BCUT2D eigenvalue weighted by Crippen LogP contribution is -2.42. The van der Waals surface area contributed by atoms with Gasteiger partial charge in [-0.2, -0.15) is 0 Å². The Morgan fingerprint density at radius 1 is 1.17 bits per heavy atom. The van der Waals surface area contributed by atoms with Crippen molar-refractivity contribution in [1.29, 1.82) is 0 Å². The Hall–Kier alpha value is -1.40. The first kappa shape index (κ1) is 17.4. The smallest absolute Gasteiger partial charge is 0.399 e. The van der Waals surface area contributed by atoms with Gasteiger partial charge in [-0.3, -0.25) is 4.79 Å². The Labute approximate surface area is 143 Å². The second-order valence-electron chi connectivity index (χ2n) is 7.77. The van der Waals surface area contributed by atoms with Crippen LogP contribution in [-0.2, 0) is 9.31 Å². The second kappa shape index (κ2) is 6.15. The highest BCUT2D eigenvalue weighted by molar-refractivity contribution is 6.63. The normalized spacial score (nSPS) is 22.8. The average molecular weight is 333 g/mol. The minimum absolute atomic E-state index is 0.173. The van der Waals surface area contributed by atoms with E-state index in [4.69, 9.17) is 9.31 Å². The van der Waals surface area contributed by atoms with E-state index in [1.54, 1.807) is 6.07 Å². The molecule has 1 saturated carbocycles. The minimum atomic E-state index is -0.681. The molecule has 1 aromatic carbocycles. The van der Waals surface area contributed by atoms with Gasteiger partial charge in [0.05, 0.1) is 11.2 Å². The summed E-state index contributed by atoms with van der Waals surface area (Å²) in [6, 6.07) is 4.37. The molecule has 1 heterocycles. The van der Waals surface area contributed by atoms with Gasteiger partial charge in [0, 0.05) is 11.6 Å². The molecule has 0 radical (unpaired) electrons. The monoisotopic (exact) mass is 333 g/mol. The highest BCUT2D eigenvalue weighted by Crippen LogP contribution is 2.36. The summed E-state index contributed by atoms with van der Waals surface area (Å²) in [7, 11) is -0.681. The van der Waals surface area contributed by atoms with Gasteiger partial charge in [-0.05, 0) is 58.1 Å². The highest BCUT2D eigenvalue weighted by Gasteiger charge is 2.52. The summed E-state index contributed by atoms with van der Waals surface area (Å²) in [5.41, 5.74) is -0.151. The van der Waals surface area contributed by atoms with Crippen molar-refractivity contribution in [2.75, 3.05) is 0 Å². The van der Waals surface area contributed by atoms with Crippen molar-refractivity contribution in [2.24, 2.45) is 0 Å². The fraction of sp³-hybridized carbons (Fsp3) is 0.611. The molecule has 2 fully saturated rings. The van der Waals surface area contributed by atoms with E-state index >= 15 is 0 Å². The summed E-state index contributed by atoms with van der Waals surface area (Å²) in [6.45, 7) is 7.81. The lowest BCUT2D eigenvalue weighted by molar-refractivity contribution is 0.00578. The van der Waals surface area contributed by atoms with Gasteiger partial charge in [-0.15, -0.1) is 0 Å². The summed E-state index contributed by atoms with van der Waals surface area (Å²) in [5.74, 6) is -0.696. The van der Waals surface area contributed by atoms with E-state index in [1.807, 2.05) is 27.7 Å². The number of rotatable bonds is 3. The van der Waals surface area contributed by atoms with Crippen molar-refractivity contribution in [3.05, 3.63) is 29.6 Å². The number of hydrogen-bond donors (Lipinski definition) is 1. The third-order valence-corrected chi connectivity index (χ3v) is 5.46. The molecule has 4 nitrogen and oxygen atoms in total. The SMILES string of the molecule is CC1(C)OB(c2ccc(F)cc2C(=O)NC2CCCC2)OC1(C)C. The average Bonchev–Trinajstić information content (AvgIpc) is 3.05. The first-order chi connectivity index (χ1) is 11.2. The van der Waals surface area contributed by atoms with Gasteiger partial charge < -0.3 is 14.6 Å². The van der Waals surface area contributed by atoms with Crippen molar-refractivity contribution in [3.63, 3.8) is 0 Å². The summed E-state index contributed by atoms with van der Waals surface area (Å²) >= 11 is 0. The number of hydrogen-bond acceptors (Lipinski definition) is 3. The van der Waals surface area contributed by atoms with Gasteiger partial charge in [0.2, 0.25) is 0 Å². The summed E-state index contributed by atoms with van der Waals surface area (Å²) in [5, 5.41) is 3.01. The Morgan fingerprint density at radius 2 is 1.75 bits per heavy atom. The van der Waals surface area contributed by atoms with Crippen LogP contribution in [0.15, 0.2) is 18.2 Å². The molecular formula is C18H25BFNO3. The van der Waals surface area contributed by atoms with Crippen LogP contribution in [0.2, 0.25) is 0 Å². The van der Waals surface area contributed by atoms with E-state index in [9.17, 15) is 9.18 Å². The molecule has 2 aliphatic rings. The lowest BCUT2D eigenvalue weighted by atomic mass is 9.75. The zero-order valence-electron chi connectivity index (χ0n) is 14.8. The van der Waals surface area contributed by atoms with Crippen LogP contribution in [0, 0.1) is 5.82 Å². The number of nitrogens with one attached hydrogen (secondary N) is 1. The fourth-order valence-corrected chi connectivity index (χ4v) is 3.23. The third kappa shape index (κ3) is 3.22. The van der Waals surface area contributed by atoms with Gasteiger partial charge in [0.1, 0.15) is 5.82 Å². The highest BCUT2D eigenvalue weighted by atomic mass is 19.1. The summed E-state index contributed by atoms with van der Waals surface area (Å²) in [4.78, 5) is 12.7. The zero-order valence-corrected chi connectivity index (χ0v) is 14.8. The number of halogens is 1. The van der Waals surface area contributed by atoms with Gasteiger partial charge in [-0.1, -0.05) is 18.9 Å². The van der Waals surface area contributed by atoms with E-state index < -0.39 is 24.1 Å². The molecule has 3 rings (SSSR count). The van der Waals surface area contributed by atoms with Crippen molar-refractivity contribution in [3.8, 4) is 0 Å². The van der Waals surface area contributed by atoms with Crippen LogP contribution in [0.3, 0.4) is 0 Å². The Bertz CT molecular complexity index is 625. The van der Waals surface area contributed by atoms with E-state index in [2.05, 4.69) is 5.32 Å². The van der Waals surface area contributed by atoms with Crippen LogP contribution in [0.5, 0.6) is 0 Å². The fourth-order valence-electron chi connectivity index (χ4n) is 3.23. The second-order valence-corrected chi connectivity index (χ2v) is 7.77. The molecular weight excluding hydrogens is 308 g/mol. The Morgan fingerprint density at radius 3 is 2.33 bits per heavy atom. The molecule has 1 amide bonds. The lowest BCUT2D eigenvalue weighted by Gasteiger charge is -2.32. The van der Waals surface area contributed by atoms with E-state index in [0.717, 1.165) is 25.7 Å².